The van der Waals surface area contributed by atoms with Crippen LogP contribution in [0.1, 0.15) is 11.1 Å². The van der Waals surface area contributed by atoms with E-state index in [4.69, 9.17) is 9.47 Å². The summed E-state index contributed by atoms with van der Waals surface area (Å²) in [5, 5.41) is 0. The summed E-state index contributed by atoms with van der Waals surface area (Å²) in [4.78, 5) is 14.3. The molecule has 2 aromatic rings. The van der Waals surface area contributed by atoms with E-state index in [1.165, 1.54) is 5.56 Å². The van der Waals surface area contributed by atoms with Crippen LogP contribution in [0.15, 0.2) is 55.1 Å². The standard InChI is InChI=1S/C20H21NO3/c1-3-6-15-9-10-18(19(13-15)23-2)24-14-20(22)21-12-11-16-7-4-5-8-17(16)21/h3-5,7-10,13H,1,6,11-12,14H2,2H3. The number of hydrogen-bond acceptors (Lipinski definition) is 3. The molecule has 0 radical (unpaired) electrons. The van der Waals surface area contributed by atoms with Crippen molar-refractivity contribution in [3.63, 3.8) is 0 Å². The van der Waals surface area contributed by atoms with Gasteiger partial charge in [-0.15, -0.1) is 6.58 Å². The summed E-state index contributed by atoms with van der Waals surface area (Å²) < 4.78 is 11.1. The second kappa shape index (κ2) is 7.21. The zero-order valence-corrected chi connectivity index (χ0v) is 13.8. The van der Waals surface area contributed by atoms with Gasteiger partial charge in [-0.1, -0.05) is 30.3 Å². The average Bonchev–Trinajstić information content (AvgIpc) is 3.04. The van der Waals surface area contributed by atoms with Crippen LogP contribution in [0.4, 0.5) is 5.69 Å². The van der Waals surface area contributed by atoms with Crippen molar-refractivity contribution in [1.82, 2.24) is 0 Å². The first-order valence-corrected chi connectivity index (χ1v) is 8.02. The molecule has 124 valence electrons. The Labute approximate surface area is 142 Å². The van der Waals surface area contributed by atoms with Gasteiger partial charge in [0, 0.05) is 12.2 Å². The number of carbonyl (C=O) groups is 1. The van der Waals surface area contributed by atoms with Crippen LogP contribution >= 0.6 is 0 Å². The lowest BCUT2D eigenvalue weighted by molar-refractivity contribution is -0.120. The predicted molar refractivity (Wildman–Crippen MR) is 94.9 cm³/mol. The molecule has 4 heteroatoms. The van der Waals surface area contributed by atoms with Crippen LogP contribution < -0.4 is 14.4 Å². The maximum absolute atomic E-state index is 12.5. The summed E-state index contributed by atoms with van der Waals surface area (Å²) in [6.07, 6.45) is 3.49. The average molecular weight is 323 g/mol. The minimum absolute atomic E-state index is 0.00843. The summed E-state index contributed by atoms with van der Waals surface area (Å²) in [5.74, 6) is 1.16. The Balaban J connectivity index is 1.68. The minimum atomic E-state index is -0.0443. The molecule has 24 heavy (non-hydrogen) atoms. The topological polar surface area (TPSA) is 38.8 Å². The van der Waals surface area contributed by atoms with Crippen molar-refractivity contribution in [3.8, 4) is 11.5 Å². The van der Waals surface area contributed by atoms with Gasteiger partial charge in [0.1, 0.15) is 0 Å². The third kappa shape index (κ3) is 3.27. The normalized spacial score (nSPS) is 12.6. The maximum Gasteiger partial charge on any atom is 0.264 e. The molecule has 0 N–H and O–H groups in total. The van der Waals surface area contributed by atoms with E-state index in [2.05, 4.69) is 12.6 Å². The summed E-state index contributed by atoms with van der Waals surface area (Å²) in [6, 6.07) is 13.7. The van der Waals surface area contributed by atoms with Gasteiger partial charge >= 0.3 is 0 Å². The second-order valence-corrected chi connectivity index (χ2v) is 5.69. The molecule has 1 aliphatic heterocycles. The number of methoxy groups -OCH3 is 1. The molecule has 0 saturated heterocycles. The molecule has 1 amide bonds. The highest BCUT2D eigenvalue weighted by atomic mass is 16.5. The number of para-hydroxylation sites is 1. The Kier molecular flexibility index (Phi) is 4.85. The number of fused-ring (bicyclic) bond motifs is 1. The third-order valence-corrected chi connectivity index (χ3v) is 4.15. The first-order chi connectivity index (χ1) is 11.7. The number of nitrogens with zero attached hydrogens (tertiary/aromatic N) is 1. The zero-order chi connectivity index (χ0) is 16.9. The Morgan fingerprint density at radius 3 is 2.88 bits per heavy atom. The van der Waals surface area contributed by atoms with Crippen LogP contribution in [0.3, 0.4) is 0 Å². The zero-order valence-electron chi connectivity index (χ0n) is 13.8. The maximum atomic E-state index is 12.5. The molecule has 0 bridgehead atoms. The highest BCUT2D eigenvalue weighted by molar-refractivity contribution is 5.96. The van der Waals surface area contributed by atoms with E-state index in [1.807, 2.05) is 42.5 Å². The monoisotopic (exact) mass is 323 g/mol. The van der Waals surface area contributed by atoms with E-state index in [0.717, 1.165) is 24.1 Å². The first kappa shape index (κ1) is 16.1. The van der Waals surface area contributed by atoms with Gasteiger partial charge in [-0.2, -0.15) is 0 Å². The summed E-state index contributed by atoms with van der Waals surface area (Å²) >= 11 is 0. The Bertz CT molecular complexity index is 754. The number of carbonyl (C=O) groups excluding carboxylic acids is 1. The Hall–Kier alpha value is -2.75. The molecule has 0 aromatic heterocycles. The van der Waals surface area contributed by atoms with Gasteiger partial charge in [0.15, 0.2) is 18.1 Å². The smallest absolute Gasteiger partial charge is 0.264 e. The van der Waals surface area contributed by atoms with Crippen molar-refractivity contribution in [2.24, 2.45) is 0 Å². The lowest BCUT2D eigenvalue weighted by atomic mass is 10.1. The molecule has 0 fully saturated rings. The number of amides is 1. The van der Waals surface area contributed by atoms with Crippen LogP contribution in [-0.4, -0.2) is 26.2 Å². The van der Waals surface area contributed by atoms with E-state index < -0.39 is 0 Å². The summed E-state index contributed by atoms with van der Waals surface area (Å²) in [6.45, 7) is 4.43. The largest absolute Gasteiger partial charge is 0.493 e. The van der Waals surface area contributed by atoms with E-state index in [9.17, 15) is 4.79 Å². The molecule has 2 aromatic carbocycles. The van der Waals surface area contributed by atoms with E-state index in [-0.39, 0.29) is 12.5 Å². The molecule has 0 saturated carbocycles. The van der Waals surface area contributed by atoms with Crippen molar-refractivity contribution in [2.45, 2.75) is 12.8 Å². The van der Waals surface area contributed by atoms with Gasteiger partial charge in [-0.25, -0.2) is 0 Å². The summed E-state index contributed by atoms with van der Waals surface area (Å²) in [7, 11) is 1.60. The van der Waals surface area contributed by atoms with E-state index in [1.54, 1.807) is 12.0 Å². The van der Waals surface area contributed by atoms with Crippen molar-refractivity contribution < 1.29 is 14.3 Å². The van der Waals surface area contributed by atoms with E-state index >= 15 is 0 Å². The fraction of sp³-hybridized carbons (Fsp3) is 0.250. The highest BCUT2D eigenvalue weighted by Crippen LogP contribution is 2.30. The molecule has 0 unspecified atom stereocenters. The molecular formula is C20H21NO3. The SMILES string of the molecule is C=CCc1ccc(OCC(=O)N2CCc3ccccc32)c(OC)c1. The van der Waals surface area contributed by atoms with Crippen LogP contribution in [-0.2, 0) is 17.6 Å². The van der Waals surface area contributed by atoms with Crippen LogP contribution in [0.5, 0.6) is 11.5 Å². The predicted octanol–water partition coefficient (Wildman–Crippen LogP) is 3.39. The molecule has 3 rings (SSSR count). The van der Waals surface area contributed by atoms with Crippen LogP contribution in [0.2, 0.25) is 0 Å². The molecule has 0 spiro atoms. The molecule has 4 nitrogen and oxygen atoms in total. The molecule has 0 aliphatic carbocycles. The number of rotatable bonds is 6. The van der Waals surface area contributed by atoms with Crippen molar-refractivity contribution in [1.29, 1.82) is 0 Å². The minimum Gasteiger partial charge on any atom is -0.493 e. The summed E-state index contributed by atoms with van der Waals surface area (Å²) in [5.41, 5.74) is 3.28. The fourth-order valence-corrected chi connectivity index (χ4v) is 2.94. The number of anilines is 1. The van der Waals surface area contributed by atoms with Gasteiger partial charge in [-0.3, -0.25) is 4.79 Å². The number of allylic oxidation sites excluding steroid dienone is 1. The lowest BCUT2D eigenvalue weighted by Gasteiger charge is -2.18. The highest BCUT2D eigenvalue weighted by Gasteiger charge is 2.24. The van der Waals surface area contributed by atoms with Crippen LogP contribution in [0.25, 0.3) is 0 Å². The van der Waals surface area contributed by atoms with Crippen LogP contribution in [0, 0.1) is 0 Å². The fourth-order valence-electron chi connectivity index (χ4n) is 2.94. The lowest BCUT2D eigenvalue weighted by Crippen LogP contribution is -2.33. The second-order valence-electron chi connectivity index (χ2n) is 5.69. The van der Waals surface area contributed by atoms with Crippen molar-refractivity contribution in [3.05, 3.63) is 66.2 Å². The molecule has 1 heterocycles. The molecular weight excluding hydrogens is 302 g/mol. The van der Waals surface area contributed by atoms with Gasteiger partial charge < -0.3 is 14.4 Å². The first-order valence-electron chi connectivity index (χ1n) is 8.02. The van der Waals surface area contributed by atoms with E-state index in [0.29, 0.717) is 18.0 Å². The molecule has 1 aliphatic rings. The number of ether oxygens (including phenoxy) is 2. The van der Waals surface area contributed by atoms with Gasteiger partial charge in [0.05, 0.1) is 7.11 Å². The quantitative estimate of drug-likeness (QED) is 0.765. The number of benzene rings is 2. The Morgan fingerprint density at radius 2 is 2.08 bits per heavy atom. The Morgan fingerprint density at radius 1 is 1.25 bits per heavy atom. The number of hydrogen-bond donors (Lipinski definition) is 0. The van der Waals surface area contributed by atoms with Gasteiger partial charge in [-0.05, 0) is 42.2 Å². The molecule has 0 atom stereocenters. The van der Waals surface area contributed by atoms with Crippen molar-refractivity contribution >= 4 is 11.6 Å². The third-order valence-electron chi connectivity index (χ3n) is 4.15. The van der Waals surface area contributed by atoms with Gasteiger partial charge in [0.2, 0.25) is 0 Å². The van der Waals surface area contributed by atoms with Crippen molar-refractivity contribution in [2.75, 3.05) is 25.2 Å². The van der Waals surface area contributed by atoms with Gasteiger partial charge in [0.25, 0.3) is 5.91 Å².